The fraction of sp³-hybridized carbons (Fsp3) is 0.364. The predicted octanol–water partition coefficient (Wildman–Crippen LogP) is 2.26. The Morgan fingerprint density at radius 2 is 1.97 bits per heavy atom. The molecule has 0 unspecified atom stereocenters. The molecule has 9 heteroatoms. The second-order valence-corrected chi connectivity index (χ2v) is 8.19. The normalized spacial score (nSPS) is 14.9. The van der Waals surface area contributed by atoms with Gasteiger partial charge in [-0.2, -0.15) is 0 Å². The number of piperazine rings is 1. The van der Waals surface area contributed by atoms with Gasteiger partial charge in [0.05, 0.1) is 16.9 Å². The number of fused-ring (bicyclic) bond motifs is 1. The van der Waals surface area contributed by atoms with Gasteiger partial charge in [0.2, 0.25) is 0 Å². The van der Waals surface area contributed by atoms with Gasteiger partial charge in [-0.15, -0.1) is 0 Å². The number of nitrogens with one attached hydrogen (secondary N) is 1. The number of hydrogen-bond acceptors (Lipinski definition) is 6. The van der Waals surface area contributed by atoms with Crippen molar-refractivity contribution in [2.75, 3.05) is 31.1 Å². The molecule has 31 heavy (non-hydrogen) atoms. The number of pyridine rings is 3. The van der Waals surface area contributed by atoms with Crippen molar-refractivity contribution >= 4 is 34.1 Å². The lowest BCUT2D eigenvalue weighted by Crippen LogP contribution is -2.46. The van der Waals surface area contributed by atoms with Gasteiger partial charge in [0.1, 0.15) is 5.69 Å². The Morgan fingerprint density at radius 1 is 1.23 bits per heavy atom. The Balaban J connectivity index is 1.44. The Hall–Kier alpha value is -2.97. The molecular formula is C22H25ClN6O2. The minimum atomic E-state index is -0.578. The Labute approximate surface area is 185 Å². The Morgan fingerprint density at radius 3 is 2.65 bits per heavy atom. The molecule has 0 aliphatic carbocycles. The second-order valence-electron chi connectivity index (χ2n) is 7.83. The lowest BCUT2D eigenvalue weighted by atomic mass is 10.1. The van der Waals surface area contributed by atoms with Crippen molar-refractivity contribution < 1.29 is 4.79 Å². The lowest BCUT2D eigenvalue weighted by molar-refractivity contribution is 0.0995. The highest BCUT2D eigenvalue weighted by Gasteiger charge is 2.22. The number of carbonyl (C=O) groups excluding carboxylic acids is 1. The molecule has 162 valence electrons. The van der Waals surface area contributed by atoms with Crippen LogP contribution in [0.15, 0.2) is 29.2 Å². The summed E-state index contributed by atoms with van der Waals surface area (Å²) >= 11 is 6.32. The van der Waals surface area contributed by atoms with Gasteiger partial charge < -0.3 is 15.6 Å². The quantitative estimate of drug-likeness (QED) is 0.589. The molecule has 1 amide bonds. The van der Waals surface area contributed by atoms with Gasteiger partial charge in [0.15, 0.2) is 5.15 Å². The molecule has 3 aromatic rings. The monoisotopic (exact) mass is 440 g/mol. The average molecular weight is 441 g/mol. The zero-order valence-electron chi connectivity index (χ0n) is 17.6. The molecular weight excluding hydrogens is 416 g/mol. The Bertz CT molecular complexity index is 1200. The van der Waals surface area contributed by atoms with Gasteiger partial charge in [-0.25, -0.2) is 4.98 Å². The molecule has 8 nitrogen and oxygen atoms in total. The van der Waals surface area contributed by atoms with Crippen LogP contribution in [0.25, 0.3) is 10.9 Å². The molecule has 4 heterocycles. The van der Waals surface area contributed by atoms with Crippen molar-refractivity contribution in [3.63, 3.8) is 0 Å². The number of hydrogen-bond donors (Lipinski definition) is 2. The van der Waals surface area contributed by atoms with Gasteiger partial charge in [0.25, 0.3) is 11.5 Å². The van der Waals surface area contributed by atoms with Crippen LogP contribution >= 0.6 is 11.6 Å². The first-order valence-corrected chi connectivity index (χ1v) is 10.7. The number of amides is 1. The summed E-state index contributed by atoms with van der Waals surface area (Å²) in [4.78, 5) is 39.8. The molecule has 3 N–H and O–H groups in total. The molecule has 4 rings (SSSR count). The summed E-state index contributed by atoms with van der Waals surface area (Å²) in [5, 5.41) is 1.24. The van der Waals surface area contributed by atoms with Crippen molar-refractivity contribution in [2.24, 2.45) is 5.73 Å². The number of nitrogens with zero attached hydrogens (tertiary/aromatic N) is 4. The number of primary amides is 1. The SMILES string of the molecule is CCc1cc2cnc(CN3CCN(c4cc(C)c(C(N)=O)nc4Cl)CC3)cc2[nH]c1=O. The minimum Gasteiger partial charge on any atom is -0.366 e. The largest absolute Gasteiger partial charge is 0.366 e. The molecule has 0 saturated carbocycles. The molecule has 1 fully saturated rings. The zero-order valence-corrected chi connectivity index (χ0v) is 18.4. The molecule has 0 spiro atoms. The molecule has 0 bridgehead atoms. The van der Waals surface area contributed by atoms with E-state index in [2.05, 4.69) is 24.8 Å². The maximum atomic E-state index is 12.1. The van der Waals surface area contributed by atoms with Crippen LogP contribution in [0.2, 0.25) is 5.15 Å². The first-order valence-electron chi connectivity index (χ1n) is 10.3. The van der Waals surface area contributed by atoms with Crippen LogP contribution < -0.4 is 16.2 Å². The number of anilines is 1. The van der Waals surface area contributed by atoms with Gasteiger partial charge in [-0.05, 0) is 37.1 Å². The third kappa shape index (κ3) is 4.40. The maximum Gasteiger partial charge on any atom is 0.267 e. The average Bonchev–Trinajstić information content (AvgIpc) is 2.75. The van der Waals surface area contributed by atoms with E-state index in [0.717, 1.165) is 59.6 Å². The van der Waals surface area contributed by atoms with E-state index in [1.807, 2.05) is 38.2 Å². The highest BCUT2D eigenvalue weighted by atomic mass is 35.5. The van der Waals surface area contributed by atoms with E-state index in [-0.39, 0.29) is 11.3 Å². The lowest BCUT2D eigenvalue weighted by Gasteiger charge is -2.36. The summed E-state index contributed by atoms with van der Waals surface area (Å²) in [6.07, 6.45) is 2.52. The molecule has 1 aliphatic rings. The second kappa shape index (κ2) is 8.64. The van der Waals surface area contributed by atoms with Crippen molar-refractivity contribution in [3.8, 4) is 0 Å². The molecule has 0 aromatic carbocycles. The fourth-order valence-corrected chi connectivity index (χ4v) is 4.22. The van der Waals surface area contributed by atoms with Crippen molar-refractivity contribution in [3.05, 3.63) is 62.4 Å². The first kappa shape index (κ1) is 21.3. The topological polar surface area (TPSA) is 108 Å². The van der Waals surface area contributed by atoms with E-state index in [0.29, 0.717) is 18.1 Å². The highest BCUT2D eigenvalue weighted by Crippen LogP contribution is 2.27. The number of aromatic nitrogens is 3. The third-order valence-corrected chi connectivity index (χ3v) is 6.00. The van der Waals surface area contributed by atoms with E-state index < -0.39 is 5.91 Å². The number of halogens is 1. The summed E-state index contributed by atoms with van der Waals surface area (Å²) < 4.78 is 0. The van der Waals surface area contributed by atoms with Crippen molar-refractivity contribution in [2.45, 2.75) is 26.8 Å². The van der Waals surface area contributed by atoms with E-state index in [9.17, 15) is 9.59 Å². The summed E-state index contributed by atoms with van der Waals surface area (Å²) in [5.41, 5.74) is 9.56. The van der Waals surface area contributed by atoms with E-state index in [1.165, 1.54) is 0 Å². The van der Waals surface area contributed by atoms with Crippen LogP contribution in [0.1, 0.15) is 34.2 Å². The third-order valence-electron chi connectivity index (χ3n) is 5.72. The standard InChI is InChI=1S/C22H25ClN6O2/c1-3-14-9-15-11-25-16(10-17(15)26-22(14)31)12-28-4-6-29(7-5-28)18-8-13(2)19(21(24)30)27-20(18)23/h8-11H,3-7,12H2,1-2H3,(H2,24,30)(H,26,31). The van der Waals surface area contributed by atoms with Gasteiger partial charge in [-0.1, -0.05) is 18.5 Å². The zero-order chi connectivity index (χ0) is 22.1. The summed E-state index contributed by atoms with van der Waals surface area (Å²) in [5.74, 6) is -0.578. The number of carbonyl (C=O) groups is 1. The number of nitrogens with two attached hydrogens (primary N) is 1. The van der Waals surface area contributed by atoms with Crippen LogP contribution in [0.3, 0.4) is 0 Å². The van der Waals surface area contributed by atoms with E-state index in [1.54, 1.807) is 0 Å². The minimum absolute atomic E-state index is 0.0381. The van der Waals surface area contributed by atoms with Crippen LogP contribution in [-0.2, 0) is 13.0 Å². The smallest absolute Gasteiger partial charge is 0.267 e. The predicted molar refractivity (Wildman–Crippen MR) is 122 cm³/mol. The fourth-order valence-electron chi connectivity index (χ4n) is 3.96. The molecule has 0 atom stereocenters. The molecule has 3 aromatic heterocycles. The van der Waals surface area contributed by atoms with Crippen LogP contribution in [-0.4, -0.2) is 51.9 Å². The number of aromatic amines is 1. The maximum absolute atomic E-state index is 12.1. The first-order chi connectivity index (χ1) is 14.9. The van der Waals surface area contributed by atoms with Crippen LogP contribution in [0.5, 0.6) is 0 Å². The summed E-state index contributed by atoms with van der Waals surface area (Å²) in [6, 6.07) is 5.74. The van der Waals surface area contributed by atoms with Crippen LogP contribution in [0, 0.1) is 6.92 Å². The van der Waals surface area contributed by atoms with E-state index >= 15 is 0 Å². The Kier molecular flexibility index (Phi) is 5.93. The summed E-state index contributed by atoms with van der Waals surface area (Å²) in [6.45, 7) is 7.70. The number of aryl methyl sites for hydroxylation is 2. The van der Waals surface area contributed by atoms with Crippen LogP contribution in [0.4, 0.5) is 5.69 Å². The van der Waals surface area contributed by atoms with Crippen molar-refractivity contribution in [1.29, 1.82) is 0 Å². The van der Waals surface area contributed by atoms with Gasteiger partial charge >= 0.3 is 0 Å². The highest BCUT2D eigenvalue weighted by molar-refractivity contribution is 6.32. The summed E-state index contributed by atoms with van der Waals surface area (Å²) in [7, 11) is 0. The molecule has 0 radical (unpaired) electrons. The molecule has 1 aliphatic heterocycles. The number of rotatable bonds is 5. The van der Waals surface area contributed by atoms with Gasteiger partial charge in [-0.3, -0.25) is 19.5 Å². The number of H-pyrrole nitrogens is 1. The molecule has 1 saturated heterocycles. The van der Waals surface area contributed by atoms with Gasteiger partial charge in [0, 0.05) is 49.9 Å². The van der Waals surface area contributed by atoms with E-state index in [4.69, 9.17) is 17.3 Å². The van der Waals surface area contributed by atoms with Crippen molar-refractivity contribution in [1.82, 2.24) is 19.9 Å².